The number of rotatable bonds is 4. The fraction of sp³-hybridized carbons (Fsp3) is 0.333. The number of nitrogens with one attached hydrogen (secondary N) is 1. The van der Waals surface area contributed by atoms with Gasteiger partial charge in [-0.1, -0.05) is 49.0 Å². The number of amidine groups is 1. The predicted molar refractivity (Wildman–Crippen MR) is 85.4 cm³/mol. The highest BCUT2D eigenvalue weighted by atomic mass is 32.2. The van der Waals surface area contributed by atoms with Gasteiger partial charge in [0.25, 0.3) is 0 Å². The summed E-state index contributed by atoms with van der Waals surface area (Å²) >= 11 is 1.82. The van der Waals surface area contributed by atoms with E-state index in [1.807, 2.05) is 47.0 Å². The summed E-state index contributed by atoms with van der Waals surface area (Å²) in [5.41, 5.74) is 2.25. The van der Waals surface area contributed by atoms with Crippen molar-refractivity contribution in [2.45, 2.75) is 25.1 Å². The molecule has 1 aromatic heterocycles. The number of thioether (sulfide) groups is 1. The van der Waals surface area contributed by atoms with Gasteiger partial charge in [-0.05, 0) is 12.0 Å². The van der Waals surface area contributed by atoms with E-state index in [4.69, 9.17) is 0 Å². The molecule has 0 aliphatic carbocycles. The largest absolute Gasteiger partial charge is 0.332 e. The first-order valence-electron chi connectivity index (χ1n) is 6.88. The lowest BCUT2D eigenvalue weighted by molar-refractivity contribution is 0.687. The normalized spacial score (nSPS) is 18.1. The van der Waals surface area contributed by atoms with Crippen molar-refractivity contribution in [3.05, 3.63) is 48.3 Å². The van der Waals surface area contributed by atoms with Crippen LogP contribution in [0.1, 0.15) is 18.9 Å². The van der Waals surface area contributed by atoms with Gasteiger partial charge in [0, 0.05) is 11.4 Å². The SMILES string of the molecule is CCC1CN=C(Nc2cnn(Cc3ccccc3)c2)S1. The summed E-state index contributed by atoms with van der Waals surface area (Å²) in [6.45, 7) is 3.91. The molecule has 5 heteroatoms. The number of hydrogen-bond acceptors (Lipinski definition) is 4. The van der Waals surface area contributed by atoms with Crippen molar-refractivity contribution in [1.82, 2.24) is 9.78 Å². The molecular formula is C15H18N4S. The van der Waals surface area contributed by atoms with E-state index in [0.717, 1.165) is 30.4 Å². The Morgan fingerprint density at radius 2 is 2.20 bits per heavy atom. The Morgan fingerprint density at radius 1 is 1.35 bits per heavy atom. The van der Waals surface area contributed by atoms with Crippen LogP contribution in [0, 0.1) is 0 Å². The Labute approximate surface area is 123 Å². The summed E-state index contributed by atoms with van der Waals surface area (Å²) in [6, 6.07) is 10.3. The average molecular weight is 286 g/mol. The monoisotopic (exact) mass is 286 g/mol. The summed E-state index contributed by atoms with van der Waals surface area (Å²) in [6.07, 6.45) is 5.03. The quantitative estimate of drug-likeness (QED) is 0.938. The summed E-state index contributed by atoms with van der Waals surface area (Å²) in [4.78, 5) is 4.51. The van der Waals surface area contributed by atoms with Crippen LogP contribution in [0.2, 0.25) is 0 Å². The van der Waals surface area contributed by atoms with Crippen LogP contribution >= 0.6 is 11.8 Å². The first-order valence-corrected chi connectivity index (χ1v) is 7.76. The van der Waals surface area contributed by atoms with Gasteiger partial charge in [-0.25, -0.2) is 0 Å². The molecular weight excluding hydrogens is 268 g/mol. The van der Waals surface area contributed by atoms with Crippen molar-refractivity contribution in [2.24, 2.45) is 4.99 Å². The van der Waals surface area contributed by atoms with E-state index >= 15 is 0 Å². The van der Waals surface area contributed by atoms with Crippen molar-refractivity contribution in [3.8, 4) is 0 Å². The third kappa shape index (κ3) is 3.22. The van der Waals surface area contributed by atoms with Crippen LogP contribution in [-0.2, 0) is 6.54 Å². The third-order valence-electron chi connectivity index (χ3n) is 3.24. The standard InChI is InChI=1S/C15H18N4S/c1-2-14-9-16-15(20-14)18-13-8-17-19(11-13)10-12-6-4-3-5-7-12/h3-8,11,14H,2,9-10H2,1H3,(H,16,18). The first kappa shape index (κ1) is 13.2. The maximum Gasteiger partial charge on any atom is 0.161 e. The van der Waals surface area contributed by atoms with Gasteiger partial charge in [0.2, 0.25) is 0 Å². The maximum atomic E-state index is 4.51. The van der Waals surface area contributed by atoms with E-state index in [-0.39, 0.29) is 0 Å². The van der Waals surface area contributed by atoms with E-state index in [0.29, 0.717) is 5.25 Å². The number of anilines is 1. The van der Waals surface area contributed by atoms with Gasteiger partial charge in [-0.3, -0.25) is 9.67 Å². The molecule has 0 saturated carbocycles. The lowest BCUT2D eigenvalue weighted by Gasteiger charge is -2.04. The van der Waals surface area contributed by atoms with E-state index in [2.05, 4.69) is 34.5 Å². The molecule has 20 heavy (non-hydrogen) atoms. The molecule has 4 nitrogen and oxygen atoms in total. The molecule has 0 radical (unpaired) electrons. The molecule has 1 N–H and O–H groups in total. The highest BCUT2D eigenvalue weighted by Crippen LogP contribution is 2.24. The molecule has 104 valence electrons. The van der Waals surface area contributed by atoms with E-state index in [9.17, 15) is 0 Å². The van der Waals surface area contributed by atoms with Crippen LogP contribution in [0.15, 0.2) is 47.7 Å². The smallest absolute Gasteiger partial charge is 0.161 e. The minimum Gasteiger partial charge on any atom is -0.332 e. The maximum absolute atomic E-state index is 4.51. The number of aromatic nitrogens is 2. The molecule has 0 fully saturated rings. The van der Waals surface area contributed by atoms with Gasteiger partial charge in [-0.15, -0.1) is 0 Å². The lowest BCUT2D eigenvalue weighted by atomic mass is 10.2. The zero-order valence-electron chi connectivity index (χ0n) is 11.5. The molecule has 2 aromatic rings. The van der Waals surface area contributed by atoms with Crippen molar-refractivity contribution in [3.63, 3.8) is 0 Å². The van der Waals surface area contributed by atoms with Crippen LogP contribution in [0.5, 0.6) is 0 Å². The number of nitrogens with zero attached hydrogens (tertiary/aromatic N) is 3. The molecule has 0 spiro atoms. The Kier molecular flexibility index (Phi) is 4.06. The topological polar surface area (TPSA) is 42.2 Å². The van der Waals surface area contributed by atoms with Gasteiger partial charge in [-0.2, -0.15) is 5.10 Å². The molecule has 0 saturated heterocycles. The van der Waals surface area contributed by atoms with Crippen LogP contribution < -0.4 is 5.32 Å². The Balaban J connectivity index is 1.60. The third-order valence-corrected chi connectivity index (χ3v) is 4.51. The van der Waals surface area contributed by atoms with Crippen LogP contribution in [0.3, 0.4) is 0 Å². The summed E-state index contributed by atoms with van der Waals surface area (Å²) in [5.74, 6) is 0. The fourth-order valence-corrected chi connectivity index (χ4v) is 3.06. The predicted octanol–water partition coefficient (Wildman–Crippen LogP) is 3.22. The molecule has 1 atom stereocenters. The minimum absolute atomic E-state index is 0.622. The van der Waals surface area contributed by atoms with Gasteiger partial charge < -0.3 is 5.32 Å². The molecule has 2 heterocycles. The van der Waals surface area contributed by atoms with Crippen molar-refractivity contribution < 1.29 is 0 Å². The van der Waals surface area contributed by atoms with Crippen LogP contribution in [0.25, 0.3) is 0 Å². The van der Waals surface area contributed by atoms with Crippen molar-refractivity contribution in [1.29, 1.82) is 0 Å². The zero-order chi connectivity index (χ0) is 13.8. The molecule has 1 aliphatic heterocycles. The number of benzene rings is 1. The Morgan fingerprint density at radius 3 is 2.95 bits per heavy atom. The highest BCUT2D eigenvalue weighted by Gasteiger charge is 2.17. The molecule has 1 aliphatic rings. The van der Waals surface area contributed by atoms with E-state index in [1.165, 1.54) is 5.56 Å². The fourth-order valence-electron chi connectivity index (χ4n) is 2.11. The molecule has 1 aromatic carbocycles. The average Bonchev–Trinajstić information content (AvgIpc) is 3.10. The van der Waals surface area contributed by atoms with Gasteiger partial charge in [0.15, 0.2) is 5.17 Å². The van der Waals surface area contributed by atoms with Gasteiger partial charge in [0.1, 0.15) is 0 Å². The van der Waals surface area contributed by atoms with Gasteiger partial charge >= 0.3 is 0 Å². The van der Waals surface area contributed by atoms with E-state index < -0.39 is 0 Å². The van der Waals surface area contributed by atoms with E-state index in [1.54, 1.807) is 0 Å². The Bertz CT molecular complexity index is 591. The second-order valence-corrected chi connectivity index (χ2v) is 6.12. The molecule has 0 amide bonds. The first-order chi connectivity index (χ1) is 9.83. The summed E-state index contributed by atoms with van der Waals surface area (Å²) in [7, 11) is 0. The molecule has 3 rings (SSSR count). The molecule has 1 unspecified atom stereocenters. The van der Waals surface area contributed by atoms with Gasteiger partial charge in [0.05, 0.1) is 25.0 Å². The Hall–Kier alpha value is -1.75. The van der Waals surface area contributed by atoms with Crippen molar-refractivity contribution >= 4 is 22.6 Å². The summed E-state index contributed by atoms with van der Waals surface area (Å²) in [5, 5.41) is 9.36. The minimum atomic E-state index is 0.622. The van der Waals surface area contributed by atoms with Crippen LogP contribution in [-0.4, -0.2) is 26.7 Å². The second kappa shape index (κ2) is 6.13. The lowest BCUT2D eigenvalue weighted by Crippen LogP contribution is -2.06. The van der Waals surface area contributed by atoms with Crippen LogP contribution in [0.4, 0.5) is 5.69 Å². The molecule has 0 bridgehead atoms. The second-order valence-electron chi connectivity index (χ2n) is 4.83. The highest BCUT2D eigenvalue weighted by molar-refractivity contribution is 8.15. The number of aliphatic imine (C=N–C) groups is 1. The van der Waals surface area contributed by atoms with Crippen molar-refractivity contribution in [2.75, 3.05) is 11.9 Å². The number of hydrogen-bond donors (Lipinski definition) is 1. The summed E-state index contributed by atoms with van der Waals surface area (Å²) < 4.78 is 1.94. The zero-order valence-corrected chi connectivity index (χ0v) is 12.3.